The van der Waals surface area contributed by atoms with Crippen molar-refractivity contribution < 1.29 is 4.90 Å². The van der Waals surface area contributed by atoms with E-state index in [1.165, 1.54) is 22.4 Å². The van der Waals surface area contributed by atoms with E-state index >= 15 is 0 Å². The standard InChI is InChI=1S/C22H28N6/c1-18-8-9-19(2)21(16-18)27-14-12-26(13-15-27)17-22-23-24-25-28(22)11-10-20-6-4-3-5-7-20/h3-9,16H,10-15,17H2,1-2H3/p+1. The summed E-state index contributed by atoms with van der Waals surface area (Å²) in [6, 6.07) is 17.2. The predicted molar refractivity (Wildman–Crippen MR) is 110 cm³/mol. The van der Waals surface area contributed by atoms with Crippen molar-refractivity contribution in [3.05, 3.63) is 71.0 Å². The molecule has 1 aromatic heterocycles. The quantitative estimate of drug-likeness (QED) is 0.706. The number of aryl methyl sites for hydroxylation is 4. The van der Waals surface area contributed by atoms with Crippen molar-refractivity contribution in [3.8, 4) is 0 Å². The summed E-state index contributed by atoms with van der Waals surface area (Å²) in [6.07, 6.45) is 0.953. The van der Waals surface area contributed by atoms with E-state index in [2.05, 4.69) is 76.7 Å². The fourth-order valence-electron chi connectivity index (χ4n) is 3.93. The van der Waals surface area contributed by atoms with E-state index in [0.717, 1.165) is 51.5 Å². The average Bonchev–Trinajstić information content (AvgIpc) is 3.17. The summed E-state index contributed by atoms with van der Waals surface area (Å²) in [5.41, 5.74) is 5.39. The molecule has 0 atom stereocenters. The summed E-state index contributed by atoms with van der Waals surface area (Å²) in [4.78, 5) is 4.07. The Labute approximate surface area is 166 Å². The van der Waals surface area contributed by atoms with E-state index in [9.17, 15) is 0 Å². The minimum Gasteiger partial charge on any atom is -0.360 e. The number of aromatic nitrogens is 4. The Hall–Kier alpha value is -2.73. The van der Waals surface area contributed by atoms with Gasteiger partial charge in [-0.25, -0.2) is 4.68 Å². The van der Waals surface area contributed by atoms with E-state index in [-0.39, 0.29) is 0 Å². The normalized spacial score (nSPS) is 15.1. The van der Waals surface area contributed by atoms with Gasteiger partial charge in [0, 0.05) is 12.2 Å². The molecule has 28 heavy (non-hydrogen) atoms. The van der Waals surface area contributed by atoms with Crippen molar-refractivity contribution in [2.45, 2.75) is 33.4 Å². The van der Waals surface area contributed by atoms with E-state index in [0.29, 0.717) is 0 Å². The van der Waals surface area contributed by atoms with Crippen LogP contribution < -0.4 is 9.80 Å². The predicted octanol–water partition coefficient (Wildman–Crippen LogP) is 1.44. The summed E-state index contributed by atoms with van der Waals surface area (Å²) >= 11 is 0. The Morgan fingerprint density at radius 3 is 2.57 bits per heavy atom. The molecule has 0 bridgehead atoms. The van der Waals surface area contributed by atoms with Gasteiger partial charge in [-0.15, -0.1) is 5.10 Å². The minimum absolute atomic E-state index is 0.828. The molecule has 0 radical (unpaired) electrons. The Morgan fingerprint density at radius 1 is 1.00 bits per heavy atom. The number of hydrogen-bond acceptors (Lipinski definition) is 4. The molecule has 1 fully saturated rings. The van der Waals surface area contributed by atoms with Crippen molar-refractivity contribution in [2.24, 2.45) is 0 Å². The first-order valence-electron chi connectivity index (χ1n) is 10.1. The largest absolute Gasteiger partial charge is 0.360 e. The Bertz CT molecular complexity index is 896. The zero-order chi connectivity index (χ0) is 19.3. The molecule has 2 aromatic carbocycles. The van der Waals surface area contributed by atoms with Crippen LogP contribution in [0, 0.1) is 13.8 Å². The van der Waals surface area contributed by atoms with Gasteiger partial charge in [0.1, 0.15) is 6.54 Å². The van der Waals surface area contributed by atoms with Gasteiger partial charge in [0.15, 0.2) is 0 Å². The van der Waals surface area contributed by atoms with Crippen LogP contribution in [0.5, 0.6) is 0 Å². The maximum atomic E-state index is 4.29. The summed E-state index contributed by atoms with van der Waals surface area (Å²) in [5.74, 6) is 0.992. The average molecular weight is 378 g/mol. The second kappa shape index (κ2) is 8.52. The third-order valence-electron chi connectivity index (χ3n) is 5.65. The number of nitrogens with one attached hydrogen (secondary N) is 1. The lowest BCUT2D eigenvalue weighted by atomic mass is 10.1. The van der Waals surface area contributed by atoms with Crippen molar-refractivity contribution in [2.75, 3.05) is 31.1 Å². The smallest absolute Gasteiger partial charge is 0.206 e. The van der Waals surface area contributed by atoms with Crippen LogP contribution in [0.1, 0.15) is 22.5 Å². The molecule has 0 spiro atoms. The molecule has 1 N–H and O–H groups in total. The highest BCUT2D eigenvalue weighted by Crippen LogP contribution is 2.21. The van der Waals surface area contributed by atoms with Gasteiger partial charge < -0.3 is 9.80 Å². The Morgan fingerprint density at radius 2 is 1.79 bits per heavy atom. The van der Waals surface area contributed by atoms with Crippen LogP contribution in [0.4, 0.5) is 5.69 Å². The summed E-state index contributed by atoms with van der Waals surface area (Å²) in [7, 11) is 0. The van der Waals surface area contributed by atoms with E-state index < -0.39 is 0 Å². The first-order chi connectivity index (χ1) is 13.7. The van der Waals surface area contributed by atoms with Gasteiger partial charge in [0.25, 0.3) is 0 Å². The highest BCUT2D eigenvalue weighted by atomic mass is 15.5. The van der Waals surface area contributed by atoms with E-state index in [4.69, 9.17) is 0 Å². The number of nitrogens with zero attached hydrogens (tertiary/aromatic N) is 5. The minimum atomic E-state index is 0.828. The Kier molecular flexibility index (Phi) is 5.67. The van der Waals surface area contributed by atoms with E-state index in [1.54, 1.807) is 4.90 Å². The van der Waals surface area contributed by atoms with Crippen LogP contribution in [-0.2, 0) is 19.5 Å². The van der Waals surface area contributed by atoms with Crippen LogP contribution in [-0.4, -0.2) is 46.4 Å². The number of anilines is 1. The molecular weight excluding hydrogens is 348 g/mol. The number of piperazine rings is 1. The van der Waals surface area contributed by atoms with Crippen molar-refractivity contribution in [1.29, 1.82) is 0 Å². The van der Waals surface area contributed by atoms with E-state index in [1.807, 2.05) is 10.7 Å². The zero-order valence-corrected chi connectivity index (χ0v) is 16.8. The molecule has 1 aliphatic heterocycles. The van der Waals surface area contributed by atoms with Crippen LogP contribution in [0.25, 0.3) is 0 Å². The van der Waals surface area contributed by atoms with Crippen LogP contribution >= 0.6 is 0 Å². The molecule has 1 saturated heterocycles. The molecule has 0 saturated carbocycles. The van der Waals surface area contributed by atoms with Gasteiger partial charge in [-0.1, -0.05) is 42.5 Å². The van der Waals surface area contributed by atoms with Gasteiger partial charge >= 0.3 is 0 Å². The number of tetrazole rings is 1. The van der Waals surface area contributed by atoms with Gasteiger partial charge in [0.05, 0.1) is 26.2 Å². The second-order valence-corrected chi connectivity index (χ2v) is 7.76. The topological polar surface area (TPSA) is 51.3 Å². The third kappa shape index (κ3) is 4.39. The van der Waals surface area contributed by atoms with Crippen LogP contribution in [0.3, 0.4) is 0 Å². The zero-order valence-electron chi connectivity index (χ0n) is 16.8. The van der Waals surface area contributed by atoms with Crippen LogP contribution in [0.15, 0.2) is 48.5 Å². The fraction of sp³-hybridized carbons (Fsp3) is 0.409. The van der Waals surface area contributed by atoms with Gasteiger partial charge in [0.2, 0.25) is 5.82 Å². The molecule has 0 amide bonds. The van der Waals surface area contributed by atoms with Gasteiger partial charge in [-0.3, -0.25) is 0 Å². The molecule has 6 nitrogen and oxygen atoms in total. The molecule has 146 valence electrons. The Balaban J connectivity index is 1.33. The van der Waals surface area contributed by atoms with Crippen LogP contribution in [0.2, 0.25) is 0 Å². The monoisotopic (exact) mass is 377 g/mol. The third-order valence-corrected chi connectivity index (χ3v) is 5.65. The lowest BCUT2D eigenvalue weighted by molar-refractivity contribution is -0.915. The molecule has 0 unspecified atom stereocenters. The van der Waals surface area contributed by atoms with Gasteiger partial charge in [-0.2, -0.15) is 0 Å². The molecule has 3 aromatic rings. The number of rotatable bonds is 6. The second-order valence-electron chi connectivity index (χ2n) is 7.76. The van der Waals surface area contributed by atoms with Crippen molar-refractivity contribution in [3.63, 3.8) is 0 Å². The van der Waals surface area contributed by atoms with Crippen molar-refractivity contribution >= 4 is 5.69 Å². The molecule has 1 aliphatic rings. The molecule has 0 aliphatic carbocycles. The first kappa shape index (κ1) is 18.6. The summed E-state index contributed by atoms with van der Waals surface area (Å²) in [5, 5.41) is 12.4. The molecule has 6 heteroatoms. The number of hydrogen-bond donors (Lipinski definition) is 1. The lowest BCUT2D eigenvalue weighted by Gasteiger charge is -2.34. The lowest BCUT2D eigenvalue weighted by Crippen LogP contribution is -3.13. The fourth-order valence-corrected chi connectivity index (χ4v) is 3.93. The maximum Gasteiger partial charge on any atom is 0.206 e. The number of benzene rings is 2. The molecule has 2 heterocycles. The highest BCUT2D eigenvalue weighted by Gasteiger charge is 2.23. The van der Waals surface area contributed by atoms with Crippen molar-refractivity contribution in [1.82, 2.24) is 20.2 Å². The molecular formula is C22H29N6+. The summed E-state index contributed by atoms with van der Waals surface area (Å²) in [6.45, 7) is 10.5. The SMILES string of the molecule is Cc1ccc(C)c(N2CC[NH+](Cc3nnnn3CCc3ccccc3)CC2)c1. The maximum absolute atomic E-state index is 4.29. The summed E-state index contributed by atoms with van der Waals surface area (Å²) < 4.78 is 1.97. The van der Waals surface area contributed by atoms with Gasteiger partial charge in [-0.05, 0) is 53.5 Å². The highest BCUT2D eigenvalue weighted by molar-refractivity contribution is 5.55. The number of quaternary nitrogens is 1. The molecule has 4 rings (SSSR count). The first-order valence-corrected chi connectivity index (χ1v) is 10.1.